The van der Waals surface area contributed by atoms with Crippen LogP contribution in [0.15, 0.2) is 36.0 Å². The Labute approximate surface area is 316 Å². The molecule has 0 aliphatic carbocycles. The van der Waals surface area contributed by atoms with Gasteiger partial charge in [0.05, 0.1) is 6.04 Å². The van der Waals surface area contributed by atoms with Gasteiger partial charge in [-0.25, -0.2) is 14.0 Å². The molecule has 1 heterocycles. The van der Waals surface area contributed by atoms with Gasteiger partial charge in [0.25, 0.3) is 0 Å². The van der Waals surface area contributed by atoms with Crippen molar-refractivity contribution < 1.29 is 43.4 Å². The zero-order valence-corrected chi connectivity index (χ0v) is 32.8. The van der Waals surface area contributed by atoms with E-state index in [2.05, 4.69) is 21.3 Å². The number of halogens is 1. The summed E-state index contributed by atoms with van der Waals surface area (Å²) in [4.78, 5) is 77.8. The maximum Gasteiger partial charge on any atom is 0.326 e. The highest BCUT2D eigenvalue weighted by molar-refractivity contribution is 5.96. The van der Waals surface area contributed by atoms with Crippen LogP contribution in [0.1, 0.15) is 79.2 Å². The van der Waals surface area contributed by atoms with Crippen LogP contribution in [0.3, 0.4) is 0 Å². The fourth-order valence-electron chi connectivity index (χ4n) is 6.23. The van der Waals surface area contributed by atoms with Crippen molar-refractivity contribution in [2.45, 2.75) is 103 Å². The lowest BCUT2D eigenvalue weighted by Gasteiger charge is -2.38. The molecule has 0 bridgehead atoms. The molecular formula is C38H58FN7O8. The Hall–Kier alpha value is -4.83. The third-order valence-corrected chi connectivity index (χ3v) is 9.57. The monoisotopic (exact) mass is 759 g/mol. The molecule has 1 aromatic carbocycles. The lowest BCUT2D eigenvalue weighted by Crippen LogP contribution is -2.60. The summed E-state index contributed by atoms with van der Waals surface area (Å²) in [7, 11) is 5.00. The predicted octanol–water partition coefficient (Wildman–Crippen LogP) is 2.17. The van der Waals surface area contributed by atoms with Crippen molar-refractivity contribution >= 4 is 46.5 Å². The van der Waals surface area contributed by atoms with Gasteiger partial charge in [-0.15, -0.1) is 0 Å². The second kappa shape index (κ2) is 19.5. The van der Waals surface area contributed by atoms with Gasteiger partial charge in [0.15, 0.2) is 0 Å². The Kier molecular flexibility index (Phi) is 16.4. The highest BCUT2D eigenvalue weighted by Crippen LogP contribution is 2.35. The number of fused-ring (bicyclic) bond motifs is 1. The van der Waals surface area contributed by atoms with E-state index in [1.165, 1.54) is 37.1 Å². The fourth-order valence-corrected chi connectivity index (χ4v) is 6.23. The Morgan fingerprint density at radius 2 is 1.56 bits per heavy atom. The fraction of sp³-hybridized carbons (Fsp3) is 0.579. The third-order valence-electron chi connectivity index (χ3n) is 9.57. The molecule has 2 rings (SSSR count). The summed E-state index contributed by atoms with van der Waals surface area (Å²) in [5.74, 6) is -5.28. The minimum atomic E-state index is -1.44. The van der Waals surface area contributed by atoms with Crippen LogP contribution >= 0.6 is 0 Å². The number of benzene rings is 1. The molecular weight excluding hydrogens is 701 g/mol. The SMILES string of the molecule is CN[C@H](C(=O)NC(C(=O)N(C)C/C=C(\C)C(=O)N[C@H](CCC(=O)N[C@@H](CCCCN)C(=O)O)C(=O)O)C(C)(C)C)C(C)(C)c1cn(C)c2ccc(F)cc12. The topological polar surface area (TPSA) is 225 Å². The minimum absolute atomic E-state index is 0.0517. The lowest BCUT2D eigenvalue weighted by molar-refractivity contribution is -0.143. The number of hydrogen-bond acceptors (Lipinski definition) is 8. The van der Waals surface area contributed by atoms with Crippen molar-refractivity contribution in [2.24, 2.45) is 18.2 Å². The van der Waals surface area contributed by atoms with Gasteiger partial charge in [-0.3, -0.25) is 19.2 Å². The summed E-state index contributed by atoms with van der Waals surface area (Å²) in [6.45, 7) is 10.9. The standard InChI is InChI=1S/C38H58FN7O8/c1-22(32(48)43-27(36(53)54)14-16-29(47)42-26(35(51)52)12-10-11-18-40)17-19-45(8)34(50)31(37(2,3)4)44-33(49)30(41-7)38(5,6)25-21-46(9)28-15-13-23(39)20-24(25)28/h13,15,17,20-21,26-27,30-31,41H,10-12,14,16,18-19,40H2,1-9H3,(H,42,47)(H,43,48)(H,44,49)(H,51,52)(H,53,54)/b22-17+/t26-,27+,30+,31?/m0/s1. The van der Waals surface area contributed by atoms with E-state index >= 15 is 0 Å². The van der Waals surface area contributed by atoms with Crippen molar-refractivity contribution in [1.82, 2.24) is 30.7 Å². The van der Waals surface area contributed by atoms with E-state index in [9.17, 15) is 43.4 Å². The molecule has 0 aliphatic heterocycles. The van der Waals surface area contributed by atoms with Gasteiger partial charge in [0.2, 0.25) is 23.6 Å². The van der Waals surface area contributed by atoms with Crippen LogP contribution in [0.25, 0.3) is 10.9 Å². The van der Waals surface area contributed by atoms with Crippen molar-refractivity contribution in [2.75, 3.05) is 27.2 Å². The average molecular weight is 760 g/mol. The number of aliphatic carboxylic acids is 2. The number of hydrogen-bond donors (Lipinski definition) is 7. The molecule has 0 saturated heterocycles. The van der Waals surface area contributed by atoms with Gasteiger partial charge >= 0.3 is 11.9 Å². The number of carboxylic acid groups (broad SMARTS) is 2. The van der Waals surface area contributed by atoms with E-state index in [-0.39, 0.29) is 31.4 Å². The molecule has 2 aromatic rings. The number of unbranched alkanes of at least 4 members (excludes halogenated alkanes) is 1. The molecule has 4 amide bonds. The van der Waals surface area contributed by atoms with Crippen molar-refractivity contribution in [3.63, 3.8) is 0 Å². The maximum atomic E-state index is 14.3. The molecule has 0 spiro atoms. The van der Waals surface area contributed by atoms with Crippen LogP contribution in [0.2, 0.25) is 0 Å². The first-order valence-corrected chi connectivity index (χ1v) is 18.0. The van der Waals surface area contributed by atoms with Crippen molar-refractivity contribution in [3.8, 4) is 0 Å². The summed E-state index contributed by atoms with van der Waals surface area (Å²) in [5.41, 5.74) is 5.51. The number of likely N-dealkylation sites (N-methyl/N-ethyl adjacent to an activating group) is 2. The van der Waals surface area contributed by atoms with Crippen LogP contribution in [0, 0.1) is 11.2 Å². The zero-order chi connectivity index (χ0) is 41.1. The second-order valence-electron chi connectivity index (χ2n) is 15.3. The Morgan fingerprint density at radius 1 is 0.944 bits per heavy atom. The third kappa shape index (κ3) is 12.1. The number of nitrogens with two attached hydrogens (primary N) is 1. The normalized spacial score (nSPS) is 14.5. The molecule has 1 aromatic heterocycles. The number of aromatic nitrogens is 1. The zero-order valence-electron chi connectivity index (χ0n) is 32.8. The van der Waals surface area contributed by atoms with Gasteiger partial charge in [-0.2, -0.15) is 0 Å². The van der Waals surface area contributed by atoms with Gasteiger partial charge in [-0.05, 0) is 75.4 Å². The van der Waals surface area contributed by atoms with Gasteiger partial charge < -0.3 is 46.7 Å². The molecule has 0 fully saturated rings. The van der Waals surface area contributed by atoms with Crippen LogP contribution in [0.5, 0.6) is 0 Å². The summed E-state index contributed by atoms with van der Waals surface area (Å²) < 4.78 is 16.2. The number of aryl methyl sites for hydroxylation is 1. The van der Waals surface area contributed by atoms with E-state index in [1.807, 2.05) is 31.7 Å². The Bertz CT molecular complexity index is 1710. The molecule has 16 heteroatoms. The summed E-state index contributed by atoms with van der Waals surface area (Å²) in [6, 6.07) is 0.106. The van der Waals surface area contributed by atoms with Crippen LogP contribution in [-0.2, 0) is 41.2 Å². The van der Waals surface area contributed by atoms with Crippen LogP contribution in [-0.4, -0.2) is 107 Å². The number of amides is 4. The summed E-state index contributed by atoms with van der Waals surface area (Å²) in [6.07, 6.45) is 3.93. The molecule has 0 aliphatic rings. The quantitative estimate of drug-likeness (QED) is 0.0770. The first kappa shape index (κ1) is 45.3. The Morgan fingerprint density at radius 3 is 2.11 bits per heavy atom. The van der Waals surface area contributed by atoms with E-state index in [1.54, 1.807) is 33.9 Å². The van der Waals surface area contributed by atoms with Crippen molar-refractivity contribution in [3.05, 3.63) is 47.4 Å². The number of nitrogens with zero attached hydrogens (tertiary/aromatic N) is 2. The summed E-state index contributed by atoms with van der Waals surface area (Å²) in [5, 5.41) is 30.5. The highest BCUT2D eigenvalue weighted by Gasteiger charge is 2.42. The van der Waals surface area contributed by atoms with Gasteiger partial charge in [0, 0.05) is 55.1 Å². The largest absolute Gasteiger partial charge is 0.480 e. The first-order valence-electron chi connectivity index (χ1n) is 18.0. The molecule has 8 N–H and O–H groups in total. The number of nitrogens with one attached hydrogen (secondary N) is 4. The molecule has 4 atom stereocenters. The highest BCUT2D eigenvalue weighted by atomic mass is 19.1. The molecule has 54 heavy (non-hydrogen) atoms. The molecule has 0 radical (unpaired) electrons. The van der Waals surface area contributed by atoms with E-state index in [0.717, 1.165) is 11.1 Å². The maximum absolute atomic E-state index is 14.3. The average Bonchev–Trinajstić information content (AvgIpc) is 3.42. The number of rotatable bonds is 20. The lowest BCUT2D eigenvalue weighted by atomic mass is 9.76. The minimum Gasteiger partial charge on any atom is -0.480 e. The molecule has 0 saturated carbocycles. The second-order valence-corrected chi connectivity index (χ2v) is 15.3. The number of carbonyl (C=O) groups is 6. The predicted molar refractivity (Wildman–Crippen MR) is 203 cm³/mol. The van der Waals surface area contributed by atoms with E-state index < -0.39 is 76.4 Å². The smallest absolute Gasteiger partial charge is 0.326 e. The van der Waals surface area contributed by atoms with E-state index in [4.69, 9.17) is 5.73 Å². The number of carboxylic acids is 2. The molecule has 300 valence electrons. The molecule has 15 nitrogen and oxygen atoms in total. The first-order chi connectivity index (χ1) is 25.1. The molecule has 1 unspecified atom stereocenters. The Balaban J connectivity index is 2.13. The van der Waals surface area contributed by atoms with Crippen LogP contribution in [0.4, 0.5) is 4.39 Å². The summed E-state index contributed by atoms with van der Waals surface area (Å²) >= 11 is 0. The van der Waals surface area contributed by atoms with Gasteiger partial charge in [0.1, 0.15) is 23.9 Å². The van der Waals surface area contributed by atoms with Gasteiger partial charge in [-0.1, -0.05) is 40.7 Å². The number of carbonyl (C=O) groups excluding carboxylic acids is 4. The van der Waals surface area contributed by atoms with E-state index in [0.29, 0.717) is 24.8 Å². The van der Waals surface area contributed by atoms with Crippen LogP contribution < -0.4 is 27.0 Å². The van der Waals surface area contributed by atoms with Crippen molar-refractivity contribution in [1.29, 1.82) is 0 Å².